The standard InChI is InChI=1S/C21H25N5O7/c1-4-14(28)31-8-12-17(33-15(29)5-2)21(3,30)20(32-12)26-7-10-11(22)6-13(27)25-18-16(10)19(26)24-9-23-18/h6-7,9,12,17,20,30H,4-5,8,22H2,1-3H3,(H,23,24,25,27). The van der Waals surface area contributed by atoms with E-state index in [0.29, 0.717) is 16.6 Å². The van der Waals surface area contributed by atoms with Gasteiger partial charge >= 0.3 is 11.9 Å². The third-order valence-corrected chi connectivity index (χ3v) is 5.66. The molecule has 0 aromatic carbocycles. The Morgan fingerprint density at radius 1 is 1.33 bits per heavy atom. The number of carbonyl (C=O) groups is 2. The summed E-state index contributed by atoms with van der Waals surface area (Å²) in [6.45, 7) is 4.53. The van der Waals surface area contributed by atoms with Gasteiger partial charge < -0.3 is 34.9 Å². The van der Waals surface area contributed by atoms with Crippen molar-refractivity contribution in [3.8, 4) is 0 Å². The lowest BCUT2D eigenvalue weighted by molar-refractivity contribution is -0.165. The molecule has 0 bridgehead atoms. The number of esters is 2. The number of rotatable bonds is 6. The number of nitrogens with two attached hydrogens (primary N) is 1. The second-order valence-electron chi connectivity index (χ2n) is 8.00. The molecule has 2 aromatic rings. The van der Waals surface area contributed by atoms with E-state index in [1.54, 1.807) is 24.6 Å². The van der Waals surface area contributed by atoms with Crippen molar-refractivity contribution in [3.63, 3.8) is 0 Å². The number of nitrogen functional groups attached to an aromatic ring is 1. The number of aliphatic hydroxyl groups is 1. The Morgan fingerprint density at radius 2 is 2.06 bits per heavy atom. The zero-order chi connectivity index (χ0) is 23.9. The Labute approximate surface area is 188 Å². The number of nitrogens with zero attached hydrogens (tertiary/aromatic N) is 3. The first-order chi connectivity index (χ1) is 15.7. The van der Waals surface area contributed by atoms with Crippen LogP contribution in [0.2, 0.25) is 0 Å². The largest absolute Gasteiger partial charge is 0.463 e. The lowest BCUT2D eigenvalue weighted by Crippen LogP contribution is -2.47. The highest BCUT2D eigenvalue weighted by Crippen LogP contribution is 2.46. The number of hydrogen-bond donors (Lipinski definition) is 3. The molecule has 0 spiro atoms. The van der Waals surface area contributed by atoms with E-state index in [2.05, 4.69) is 15.3 Å². The fraction of sp³-hybridized carbons (Fsp3) is 0.476. The zero-order valence-corrected chi connectivity index (χ0v) is 18.4. The number of nitrogens with one attached hydrogen (secondary N) is 1. The molecule has 1 fully saturated rings. The van der Waals surface area contributed by atoms with Crippen LogP contribution in [0, 0.1) is 0 Å². The number of carbonyl (C=O) groups excluding carboxylic acids is 2. The second-order valence-corrected chi connectivity index (χ2v) is 8.00. The zero-order valence-electron chi connectivity index (χ0n) is 18.4. The SMILES string of the molecule is CCC(=O)OCC1OC(n2cc3c(N)cc(=O)nc4c3c2N=CN4)C(C)(O)C1OC(=O)CC. The molecule has 4 N–H and O–H groups in total. The summed E-state index contributed by atoms with van der Waals surface area (Å²) in [5.74, 6) is -0.395. The van der Waals surface area contributed by atoms with E-state index >= 15 is 0 Å². The molecule has 2 aliphatic heterocycles. The Bertz CT molecular complexity index is 1210. The van der Waals surface area contributed by atoms with Crippen LogP contribution in [0.25, 0.3) is 10.8 Å². The van der Waals surface area contributed by atoms with Crippen molar-refractivity contribution in [3.05, 3.63) is 22.6 Å². The van der Waals surface area contributed by atoms with Crippen LogP contribution >= 0.6 is 0 Å². The van der Waals surface area contributed by atoms with E-state index in [-0.39, 0.29) is 31.0 Å². The lowest BCUT2D eigenvalue weighted by Gasteiger charge is -2.30. The third kappa shape index (κ3) is 3.91. The van der Waals surface area contributed by atoms with Gasteiger partial charge in [-0.15, -0.1) is 0 Å². The maximum atomic E-state index is 12.1. The average Bonchev–Trinajstić information content (AvgIpc) is 3.23. The van der Waals surface area contributed by atoms with E-state index in [1.807, 2.05) is 0 Å². The highest BCUT2D eigenvalue weighted by Gasteiger charge is 2.57. The Kier molecular flexibility index (Phi) is 5.80. The molecule has 2 aliphatic rings. The summed E-state index contributed by atoms with van der Waals surface area (Å²) in [6.07, 6.45) is 0.0597. The van der Waals surface area contributed by atoms with Crippen LogP contribution < -0.4 is 16.6 Å². The predicted octanol–water partition coefficient (Wildman–Crippen LogP) is 0.987. The normalized spacial score (nSPS) is 25.6. The molecular weight excluding hydrogens is 434 g/mol. The van der Waals surface area contributed by atoms with Gasteiger partial charge in [-0.25, -0.2) is 4.99 Å². The van der Waals surface area contributed by atoms with Crippen molar-refractivity contribution in [2.45, 2.75) is 57.6 Å². The lowest BCUT2D eigenvalue weighted by atomic mass is 9.96. The fourth-order valence-corrected chi connectivity index (χ4v) is 4.01. The summed E-state index contributed by atoms with van der Waals surface area (Å²) in [7, 11) is 0. The first-order valence-electron chi connectivity index (χ1n) is 10.5. The number of anilines is 2. The average molecular weight is 459 g/mol. The topological polar surface area (TPSA) is 167 Å². The van der Waals surface area contributed by atoms with Gasteiger partial charge in [0.25, 0.3) is 5.56 Å². The fourth-order valence-electron chi connectivity index (χ4n) is 4.01. The highest BCUT2D eigenvalue weighted by molar-refractivity contribution is 6.10. The van der Waals surface area contributed by atoms with Gasteiger partial charge in [0.1, 0.15) is 29.9 Å². The number of aliphatic imine (C=N–C) groups is 1. The van der Waals surface area contributed by atoms with Crippen LogP contribution in [0.5, 0.6) is 0 Å². The van der Waals surface area contributed by atoms with Crippen LogP contribution in [0.3, 0.4) is 0 Å². The Balaban J connectivity index is 1.81. The van der Waals surface area contributed by atoms with E-state index in [9.17, 15) is 19.5 Å². The highest BCUT2D eigenvalue weighted by atomic mass is 16.6. The molecule has 0 amide bonds. The van der Waals surface area contributed by atoms with E-state index in [4.69, 9.17) is 19.9 Å². The Hall–Kier alpha value is -3.51. The number of ether oxygens (including phenoxy) is 3. The van der Waals surface area contributed by atoms with Crippen molar-refractivity contribution < 1.29 is 28.9 Å². The van der Waals surface area contributed by atoms with Gasteiger partial charge in [0.15, 0.2) is 12.3 Å². The number of aromatic nitrogens is 2. The monoisotopic (exact) mass is 459 g/mol. The molecule has 4 rings (SSSR count). The van der Waals surface area contributed by atoms with Crippen LogP contribution in [-0.4, -0.2) is 57.4 Å². The quantitative estimate of drug-likeness (QED) is 0.530. The summed E-state index contributed by atoms with van der Waals surface area (Å²) in [4.78, 5) is 44.1. The van der Waals surface area contributed by atoms with Crippen LogP contribution in [0.4, 0.5) is 17.3 Å². The molecule has 12 heteroatoms. The minimum absolute atomic E-state index is 0.0902. The van der Waals surface area contributed by atoms with Crippen LogP contribution in [0.1, 0.15) is 39.8 Å². The summed E-state index contributed by atoms with van der Waals surface area (Å²) in [6, 6.07) is 1.19. The minimum atomic E-state index is -1.73. The van der Waals surface area contributed by atoms with Crippen molar-refractivity contribution in [1.82, 2.24) is 9.55 Å². The first kappa shape index (κ1) is 22.7. The number of hydrogen-bond acceptors (Lipinski definition) is 11. The van der Waals surface area contributed by atoms with Gasteiger partial charge in [-0.3, -0.25) is 14.4 Å². The molecule has 0 radical (unpaired) electrons. The second kappa shape index (κ2) is 8.45. The van der Waals surface area contributed by atoms with E-state index < -0.39 is 41.5 Å². The van der Waals surface area contributed by atoms with E-state index in [0.717, 1.165) is 0 Å². The molecule has 0 aliphatic carbocycles. The van der Waals surface area contributed by atoms with Crippen molar-refractivity contribution >= 4 is 46.4 Å². The van der Waals surface area contributed by atoms with Gasteiger partial charge in [-0.1, -0.05) is 13.8 Å². The molecule has 33 heavy (non-hydrogen) atoms. The summed E-state index contributed by atoms with van der Waals surface area (Å²) in [5, 5.41) is 15.2. The minimum Gasteiger partial charge on any atom is -0.463 e. The molecular formula is C21H25N5O7. The molecule has 2 aromatic heterocycles. The summed E-state index contributed by atoms with van der Waals surface area (Å²) in [5.41, 5.74) is 4.03. The van der Waals surface area contributed by atoms with Crippen LogP contribution in [0.15, 0.2) is 22.1 Å². The first-order valence-corrected chi connectivity index (χ1v) is 10.5. The van der Waals surface area contributed by atoms with Crippen molar-refractivity contribution in [1.29, 1.82) is 0 Å². The van der Waals surface area contributed by atoms with Crippen LogP contribution in [-0.2, 0) is 23.8 Å². The molecule has 1 saturated heterocycles. The maximum Gasteiger partial charge on any atom is 0.305 e. The van der Waals surface area contributed by atoms with Gasteiger partial charge in [0, 0.05) is 36.2 Å². The summed E-state index contributed by atoms with van der Waals surface area (Å²) >= 11 is 0. The molecule has 176 valence electrons. The third-order valence-electron chi connectivity index (χ3n) is 5.66. The molecule has 4 unspecified atom stereocenters. The summed E-state index contributed by atoms with van der Waals surface area (Å²) < 4.78 is 18.3. The van der Waals surface area contributed by atoms with Gasteiger partial charge in [-0.05, 0) is 6.92 Å². The van der Waals surface area contributed by atoms with Crippen molar-refractivity contribution in [2.24, 2.45) is 4.99 Å². The molecule has 12 nitrogen and oxygen atoms in total. The molecule has 4 atom stereocenters. The van der Waals surface area contributed by atoms with E-state index in [1.165, 1.54) is 19.3 Å². The predicted molar refractivity (Wildman–Crippen MR) is 118 cm³/mol. The van der Waals surface area contributed by atoms with Gasteiger partial charge in [0.2, 0.25) is 0 Å². The molecule has 0 saturated carbocycles. The Morgan fingerprint density at radius 3 is 2.76 bits per heavy atom. The molecule has 4 heterocycles. The van der Waals surface area contributed by atoms with Gasteiger partial charge in [-0.2, -0.15) is 4.98 Å². The maximum absolute atomic E-state index is 12.1. The smallest absolute Gasteiger partial charge is 0.305 e. The van der Waals surface area contributed by atoms with Gasteiger partial charge in [0.05, 0.1) is 11.7 Å². The van der Waals surface area contributed by atoms with Crippen molar-refractivity contribution in [2.75, 3.05) is 17.7 Å².